The van der Waals surface area contributed by atoms with Gasteiger partial charge in [0.15, 0.2) is 0 Å². The largest absolute Gasteiger partial charge is 0.507 e. The van der Waals surface area contributed by atoms with Gasteiger partial charge in [-0.15, -0.1) is 0 Å². The van der Waals surface area contributed by atoms with Gasteiger partial charge in [0.25, 0.3) is 0 Å². The van der Waals surface area contributed by atoms with Crippen molar-refractivity contribution in [3.63, 3.8) is 0 Å². The number of hydrogen-bond donors (Lipinski definition) is 2. The van der Waals surface area contributed by atoms with Crippen molar-refractivity contribution in [2.75, 3.05) is 0 Å². The Morgan fingerprint density at radius 2 is 1.75 bits per heavy atom. The molecule has 16 heavy (non-hydrogen) atoms. The van der Waals surface area contributed by atoms with E-state index < -0.39 is 5.60 Å². The van der Waals surface area contributed by atoms with E-state index in [-0.39, 0.29) is 5.41 Å². The molecule has 0 heterocycles. The Bertz CT molecular complexity index is 423. The SMILES string of the molecule is Cc1cc(C2(O)CC2)cc(C(C)(C)C)c1O. The maximum Gasteiger partial charge on any atom is 0.122 e. The maximum atomic E-state index is 10.1. The molecule has 0 aliphatic heterocycles. The molecule has 0 amide bonds. The third-order valence-corrected chi connectivity index (χ3v) is 3.37. The second-order valence-corrected chi connectivity index (χ2v) is 5.97. The fourth-order valence-electron chi connectivity index (χ4n) is 2.03. The summed E-state index contributed by atoms with van der Waals surface area (Å²) in [5.41, 5.74) is 1.99. The minimum atomic E-state index is -0.627. The second-order valence-electron chi connectivity index (χ2n) is 5.97. The van der Waals surface area contributed by atoms with Gasteiger partial charge in [0.1, 0.15) is 5.75 Å². The molecular weight excluding hydrogens is 200 g/mol. The first-order chi connectivity index (χ1) is 7.24. The molecule has 1 aliphatic rings. The molecule has 0 saturated heterocycles. The normalized spacial score (nSPS) is 18.6. The molecule has 1 aromatic carbocycles. The Hall–Kier alpha value is -1.02. The summed E-state index contributed by atoms with van der Waals surface area (Å²) in [4.78, 5) is 0. The molecule has 2 heteroatoms. The van der Waals surface area contributed by atoms with Crippen molar-refractivity contribution in [1.29, 1.82) is 0 Å². The first-order valence-corrected chi connectivity index (χ1v) is 5.81. The third-order valence-electron chi connectivity index (χ3n) is 3.37. The van der Waals surface area contributed by atoms with Gasteiger partial charge < -0.3 is 10.2 Å². The van der Waals surface area contributed by atoms with Crippen LogP contribution in [-0.2, 0) is 11.0 Å². The Kier molecular flexibility index (Phi) is 2.32. The van der Waals surface area contributed by atoms with Crippen LogP contribution >= 0.6 is 0 Å². The van der Waals surface area contributed by atoms with Crippen LogP contribution in [-0.4, -0.2) is 10.2 Å². The van der Waals surface area contributed by atoms with Crippen LogP contribution in [0.2, 0.25) is 0 Å². The highest BCUT2D eigenvalue weighted by atomic mass is 16.3. The quantitative estimate of drug-likeness (QED) is 0.764. The molecule has 1 aliphatic carbocycles. The number of aliphatic hydroxyl groups is 1. The topological polar surface area (TPSA) is 40.5 Å². The van der Waals surface area contributed by atoms with Gasteiger partial charge >= 0.3 is 0 Å². The lowest BCUT2D eigenvalue weighted by Gasteiger charge is -2.23. The van der Waals surface area contributed by atoms with E-state index >= 15 is 0 Å². The Morgan fingerprint density at radius 1 is 1.19 bits per heavy atom. The van der Waals surface area contributed by atoms with E-state index in [9.17, 15) is 10.2 Å². The van der Waals surface area contributed by atoms with Gasteiger partial charge in [-0.3, -0.25) is 0 Å². The number of phenols is 1. The van der Waals surface area contributed by atoms with Gasteiger partial charge in [-0.05, 0) is 54.0 Å². The van der Waals surface area contributed by atoms with Gasteiger partial charge in [0.05, 0.1) is 5.60 Å². The number of hydrogen-bond acceptors (Lipinski definition) is 2. The lowest BCUT2D eigenvalue weighted by atomic mass is 9.83. The molecule has 2 N–H and O–H groups in total. The van der Waals surface area contributed by atoms with E-state index in [1.165, 1.54) is 0 Å². The fourth-order valence-corrected chi connectivity index (χ4v) is 2.03. The monoisotopic (exact) mass is 220 g/mol. The molecule has 2 nitrogen and oxygen atoms in total. The number of rotatable bonds is 1. The van der Waals surface area contributed by atoms with Crippen LogP contribution in [0.5, 0.6) is 5.75 Å². The Labute approximate surface area is 96.9 Å². The molecule has 1 saturated carbocycles. The standard InChI is InChI=1S/C14H20O2/c1-9-7-10(14(16)5-6-14)8-11(12(9)15)13(2,3)4/h7-8,15-16H,5-6H2,1-4H3. The summed E-state index contributed by atoms with van der Waals surface area (Å²) in [6.07, 6.45) is 1.67. The summed E-state index contributed by atoms with van der Waals surface area (Å²) in [6, 6.07) is 3.85. The fraction of sp³-hybridized carbons (Fsp3) is 0.571. The van der Waals surface area contributed by atoms with Crippen molar-refractivity contribution < 1.29 is 10.2 Å². The van der Waals surface area contributed by atoms with Crippen LogP contribution in [0.4, 0.5) is 0 Å². The molecule has 2 rings (SSSR count). The third kappa shape index (κ3) is 1.82. The van der Waals surface area contributed by atoms with Gasteiger partial charge in [-0.2, -0.15) is 0 Å². The molecule has 0 aromatic heterocycles. The number of phenolic OH excluding ortho intramolecular Hbond substituents is 1. The van der Waals surface area contributed by atoms with Gasteiger partial charge in [0.2, 0.25) is 0 Å². The molecule has 0 spiro atoms. The summed E-state index contributed by atoms with van der Waals surface area (Å²) >= 11 is 0. The van der Waals surface area contributed by atoms with E-state index in [0.29, 0.717) is 5.75 Å². The Balaban J connectivity index is 2.56. The van der Waals surface area contributed by atoms with E-state index in [2.05, 4.69) is 20.8 Å². The minimum Gasteiger partial charge on any atom is -0.507 e. The summed E-state index contributed by atoms with van der Waals surface area (Å²) in [6.45, 7) is 8.10. The molecule has 0 radical (unpaired) electrons. The summed E-state index contributed by atoms with van der Waals surface area (Å²) in [5.74, 6) is 0.362. The van der Waals surface area contributed by atoms with Crippen LogP contribution in [0, 0.1) is 6.92 Å². The smallest absolute Gasteiger partial charge is 0.122 e. The number of aryl methyl sites for hydroxylation is 1. The van der Waals surface area contributed by atoms with Crippen LogP contribution in [0.25, 0.3) is 0 Å². The molecule has 1 fully saturated rings. The van der Waals surface area contributed by atoms with Gasteiger partial charge in [-0.1, -0.05) is 20.8 Å². The van der Waals surface area contributed by atoms with Gasteiger partial charge in [-0.25, -0.2) is 0 Å². The molecule has 0 unspecified atom stereocenters. The van der Waals surface area contributed by atoms with Crippen molar-refractivity contribution in [1.82, 2.24) is 0 Å². The zero-order valence-electron chi connectivity index (χ0n) is 10.5. The minimum absolute atomic E-state index is 0.101. The van der Waals surface area contributed by atoms with Crippen molar-refractivity contribution in [2.24, 2.45) is 0 Å². The summed E-state index contributed by atoms with van der Waals surface area (Å²) < 4.78 is 0. The van der Waals surface area contributed by atoms with Crippen LogP contribution in [0.3, 0.4) is 0 Å². The zero-order chi connectivity index (χ0) is 12.1. The average molecular weight is 220 g/mol. The summed E-state index contributed by atoms with van der Waals surface area (Å²) in [5, 5.41) is 20.2. The maximum absolute atomic E-state index is 10.1. The van der Waals surface area contributed by atoms with Gasteiger partial charge in [0, 0.05) is 0 Å². The van der Waals surface area contributed by atoms with Crippen molar-refractivity contribution in [2.45, 2.75) is 51.6 Å². The van der Waals surface area contributed by atoms with Crippen molar-refractivity contribution >= 4 is 0 Å². The predicted molar refractivity (Wildman–Crippen MR) is 64.7 cm³/mol. The van der Waals surface area contributed by atoms with E-state index in [0.717, 1.165) is 29.5 Å². The zero-order valence-corrected chi connectivity index (χ0v) is 10.5. The first kappa shape index (κ1) is 11.5. The van der Waals surface area contributed by atoms with E-state index in [4.69, 9.17) is 0 Å². The van der Waals surface area contributed by atoms with E-state index in [1.54, 1.807) is 0 Å². The molecular formula is C14H20O2. The van der Waals surface area contributed by atoms with Crippen molar-refractivity contribution in [3.8, 4) is 5.75 Å². The number of aromatic hydroxyl groups is 1. The molecule has 0 bridgehead atoms. The number of benzene rings is 1. The first-order valence-electron chi connectivity index (χ1n) is 5.81. The van der Waals surface area contributed by atoms with Crippen LogP contribution in [0.15, 0.2) is 12.1 Å². The molecule has 0 atom stereocenters. The highest BCUT2D eigenvalue weighted by molar-refractivity contribution is 5.48. The summed E-state index contributed by atoms with van der Waals surface area (Å²) in [7, 11) is 0. The molecule has 88 valence electrons. The van der Waals surface area contributed by atoms with Crippen LogP contribution in [0.1, 0.15) is 50.3 Å². The molecule has 1 aromatic rings. The lowest BCUT2D eigenvalue weighted by molar-refractivity contribution is 0.151. The average Bonchev–Trinajstić information content (AvgIpc) is 2.87. The Morgan fingerprint density at radius 3 is 2.19 bits per heavy atom. The highest BCUT2D eigenvalue weighted by Gasteiger charge is 2.43. The van der Waals surface area contributed by atoms with Crippen LogP contribution < -0.4 is 0 Å². The van der Waals surface area contributed by atoms with E-state index in [1.807, 2.05) is 19.1 Å². The highest BCUT2D eigenvalue weighted by Crippen LogP contribution is 2.47. The second kappa shape index (κ2) is 3.24. The lowest BCUT2D eigenvalue weighted by Crippen LogP contribution is -2.14. The van der Waals surface area contributed by atoms with Crippen molar-refractivity contribution in [3.05, 3.63) is 28.8 Å². The predicted octanol–water partition coefficient (Wildman–Crippen LogP) is 2.98.